The van der Waals surface area contributed by atoms with Gasteiger partial charge in [0.1, 0.15) is 17.7 Å². The molecule has 0 unspecified atom stereocenters. The molecule has 0 radical (unpaired) electrons. The van der Waals surface area contributed by atoms with E-state index < -0.39 is 41.0 Å². The smallest absolute Gasteiger partial charge is 0.326 e. The molecule has 1 rings (SSSR count). The minimum absolute atomic E-state index is 0.111. The predicted molar refractivity (Wildman–Crippen MR) is 64.6 cm³/mol. The Morgan fingerprint density at radius 3 is 2.60 bits per heavy atom. The number of carbonyl (C=O) groups excluding carboxylic acids is 1. The molecule has 5 nitrogen and oxygen atoms in total. The lowest BCUT2D eigenvalue weighted by atomic mass is 10.0. The number of amides is 1. The molecule has 0 aliphatic carbocycles. The Hall–Kier alpha value is -2.49. The first kappa shape index (κ1) is 15.6. The van der Waals surface area contributed by atoms with Crippen LogP contribution in [-0.4, -0.2) is 23.0 Å². The maximum Gasteiger partial charge on any atom is 0.326 e. The molecular formula is C13H12F2N2O3. The van der Waals surface area contributed by atoms with E-state index in [0.29, 0.717) is 6.07 Å². The molecule has 20 heavy (non-hydrogen) atoms. The molecule has 0 saturated heterocycles. The Morgan fingerprint density at radius 1 is 1.45 bits per heavy atom. The maximum atomic E-state index is 13.4. The lowest BCUT2D eigenvalue weighted by Crippen LogP contribution is -2.42. The Kier molecular flexibility index (Phi) is 5.15. The number of hydrogen-bond donors (Lipinski definition) is 2. The van der Waals surface area contributed by atoms with Gasteiger partial charge in [-0.15, -0.1) is 0 Å². The largest absolute Gasteiger partial charge is 0.480 e. The van der Waals surface area contributed by atoms with Crippen molar-refractivity contribution in [1.29, 1.82) is 5.26 Å². The monoisotopic (exact) mass is 282 g/mol. The van der Waals surface area contributed by atoms with Crippen molar-refractivity contribution in [2.24, 2.45) is 5.92 Å². The van der Waals surface area contributed by atoms with E-state index in [0.717, 1.165) is 12.1 Å². The second kappa shape index (κ2) is 6.61. The molecule has 0 aliphatic rings. The number of carbonyl (C=O) groups is 2. The summed E-state index contributed by atoms with van der Waals surface area (Å²) in [4.78, 5) is 22.7. The van der Waals surface area contributed by atoms with Crippen LogP contribution in [0.15, 0.2) is 18.2 Å². The summed E-state index contributed by atoms with van der Waals surface area (Å²) in [6.07, 6.45) is -0.111. The molecule has 0 bridgehead atoms. The Bertz CT molecular complexity index is 569. The summed E-state index contributed by atoms with van der Waals surface area (Å²) in [6, 6.07) is 2.87. The average Bonchev–Trinajstić information content (AvgIpc) is 2.37. The van der Waals surface area contributed by atoms with Gasteiger partial charge in [0.05, 0.1) is 11.6 Å². The number of aliphatic carboxylic acids is 1. The number of carboxylic acids is 1. The number of halogens is 2. The SMILES string of the molecule is C[C@H](C#N)C[C@@H](NC(=O)c1ccc(F)cc1F)C(=O)O. The number of nitrogens with one attached hydrogen (secondary N) is 1. The van der Waals surface area contributed by atoms with Crippen molar-refractivity contribution in [3.8, 4) is 6.07 Å². The molecule has 106 valence electrons. The van der Waals surface area contributed by atoms with Gasteiger partial charge in [0.2, 0.25) is 0 Å². The van der Waals surface area contributed by atoms with E-state index in [4.69, 9.17) is 10.4 Å². The van der Waals surface area contributed by atoms with E-state index in [2.05, 4.69) is 5.32 Å². The Labute approximate surface area is 113 Å². The van der Waals surface area contributed by atoms with Crippen LogP contribution >= 0.6 is 0 Å². The summed E-state index contributed by atoms with van der Waals surface area (Å²) >= 11 is 0. The van der Waals surface area contributed by atoms with E-state index in [1.807, 2.05) is 6.07 Å². The van der Waals surface area contributed by atoms with Crippen LogP contribution in [0.3, 0.4) is 0 Å². The van der Waals surface area contributed by atoms with Crippen molar-refractivity contribution < 1.29 is 23.5 Å². The van der Waals surface area contributed by atoms with Crippen molar-refractivity contribution in [2.75, 3.05) is 0 Å². The molecule has 1 amide bonds. The van der Waals surface area contributed by atoms with Crippen molar-refractivity contribution in [3.05, 3.63) is 35.4 Å². The zero-order chi connectivity index (χ0) is 15.3. The second-order valence-corrected chi connectivity index (χ2v) is 4.25. The molecule has 1 aromatic carbocycles. The van der Waals surface area contributed by atoms with Crippen LogP contribution < -0.4 is 5.32 Å². The first-order valence-corrected chi connectivity index (χ1v) is 5.73. The standard InChI is InChI=1S/C13H12F2N2O3/c1-7(6-16)4-11(13(19)20)17-12(18)9-3-2-8(14)5-10(9)15/h2-3,5,7,11H,4H2,1H3,(H,17,18)(H,19,20)/t7-,11+/m0/s1. The van der Waals surface area contributed by atoms with Crippen LogP contribution in [0.4, 0.5) is 8.78 Å². The summed E-state index contributed by atoms with van der Waals surface area (Å²) in [6.45, 7) is 1.50. The molecule has 1 aromatic rings. The van der Waals surface area contributed by atoms with Gasteiger partial charge in [0.15, 0.2) is 0 Å². The molecule has 0 spiro atoms. The van der Waals surface area contributed by atoms with Crippen LogP contribution in [-0.2, 0) is 4.79 Å². The highest BCUT2D eigenvalue weighted by Crippen LogP contribution is 2.11. The number of nitrogens with zero attached hydrogens (tertiary/aromatic N) is 1. The van der Waals surface area contributed by atoms with E-state index in [1.54, 1.807) is 0 Å². The van der Waals surface area contributed by atoms with Gasteiger partial charge in [-0.1, -0.05) is 0 Å². The molecule has 0 fully saturated rings. The van der Waals surface area contributed by atoms with Gasteiger partial charge in [0, 0.05) is 12.0 Å². The molecule has 0 aromatic heterocycles. The fourth-order valence-electron chi connectivity index (χ4n) is 1.54. The van der Waals surface area contributed by atoms with Crippen LogP contribution in [0.2, 0.25) is 0 Å². The summed E-state index contributed by atoms with van der Waals surface area (Å²) in [7, 11) is 0. The minimum Gasteiger partial charge on any atom is -0.480 e. The zero-order valence-corrected chi connectivity index (χ0v) is 10.6. The number of rotatable bonds is 5. The third-order valence-corrected chi connectivity index (χ3v) is 2.59. The quantitative estimate of drug-likeness (QED) is 0.860. The van der Waals surface area contributed by atoms with E-state index in [1.165, 1.54) is 6.92 Å². The highest BCUT2D eigenvalue weighted by atomic mass is 19.1. The highest BCUT2D eigenvalue weighted by molar-refractivity contribution is 5.96. The fraction of sp³-hybridized carbons (Fsp3) is 0.308. The van der Waals surface area contributed by atoms with Crippen molar-refractivity contribution in [3.63, 3.8) is 0 Å². The Balaban J connectivity index is 2.86. The number of carboxylic acid groups (broad SMARTS) is 1. The van der Waals surface area contributed by atoms with Crippen molar-refractivity contribution >= 4 is 11.9 Å². The van der Waals surface area contributed by atoms with Gasteiger partial charge < -0.3 is 10.4 Å². The molecule has 0 aliphatic heterocycles. The van der Waals surface area contributed by atoms with Crippen molar-refractivity contribution in [1.82, 2.24) is 5.32 Å². The van der Waals surface area contributed by atoms with Crippen LogP contribution in [0.1, 0.15) is 23.7 Å². The first-order chi connectivity index (χ1) is 9.35. The summed E-state index contributed by atoms with van der Waals surface area (Å²) in [5.74, 6) is -4.82. The van der Waals surface area contributed by atoms with Gasteiger partial charge in [-0.05, 0) is 25.5 Å². The zero-order valence-electron chi connectivity index (χ0n) is 10.6. The van der Waals surface area contributed by atoms with Crippen LogP contribution in [0, 0.1) is 28.9 Å². The lowest BCUT2D eigenvalue weighted by Gasteiger charge is -2.15. The summed E-state index contributed by atoms with van der Waals surface area (Å²) < 4.78 is 26.1. The highest BCUT2D eigenvalue weighted by Gasteiger charge is 2.24. The second-order valence-electron chi connectivity index (χ2n) is 4.25. The topological polar surface area (TPSA) is 90.2 Å². The van der Waals surface area contributed by atoms with E-state index in [-0.39, 0.29) is 6.42 Å². The van der Waals surface area contributed by atoms with Gasteiger partial charge in [-0.2, -0.15) is 5.26 Å². The van der Waals surface area contributed by atoms with Gasteiger partial charge in [-0.25, -0.2) is 13.6 Å². The first-order valence-electron chi connectivity index (χ1n) is 5.73. The van der Waals surface area contributed by atoms with Gasteiger partial charge >= 0.3 is 5.97 Å². The summed E-state index contributed by atoms with van der Waals surface area (Å²) in [5.41, 5.74) is -0.456. The molecule has 7 heteroatoms. The fourth-order valence-corrected chi connectivity index (χ4v) is 1.54. The number of nitriles is 1. The normalized spacial score (nSPS) is 13.1. The average molecular weight is 282 g/mol. The number of hydrogen-bond acceptors (Lipinski definition) is 3. The van der Waals surface area contributed by atoms with E-state index >= 15 is 0 Å². The molecule has 2 N–H and O–H groups in total. The lowest BCUT2D eigenvalue weighted by molar-refractivity contribution is -0.139. The Morgan fingerprint density at radius 2 is 2.10 bits per heavy atom. The van der Waals surface area contributed by atoms with Crippen LogP contribution in [0.25, 0.3) is 0 Å². The molecule has 2 atom stereocenters. The third-order valence-electron chi connectivity index (χ3n) is 2.59. The number of benzene rings is 1. The van der Waals surface area contributed by atoms with Crippen LogP contribution in [0.5, 0.6) is 0 Å². The van der Waals surface area contributed by atoms with Gasteiger partial charge in [0.25, 0.3) is 5.91 Å². The van der Waals surface area contributed by atoms with Gasteiger partial charge in [-0.3, -0.25) is 4.79 Å². The van der Waals surface area contributed by atoms with Crippen molar-refractivity contribution in [2.45, 2.75) is 19.4 Å². The predicted octanol–water partition coefficient (Wildman–Crippen LogP) is 1.70. The molecule has 0 saturated carbocycles. The third kappa shape index (κ3) is 4.02. The van der Waals surface area contributed by atoms with E-state index in [9.17, 15) is 18.4 Å². The summed E-state index contributed by atoms with van der Waals surface area (Å²) in [5, 5.41) is 19.7. The minimum atomic E-state index is -1.33. The maximum absolute atomic E-state index is 13.4. The molecular weight excluding hydrogens is 270 g/mol. The molecule has 0 heterocycles.